The first-order valence-corrected chi connectivity index (χ1v) is 5.01. The van der Waals surface area contributed by atoms with E-state index in [1.54, 1.807) is 0 Å². The molecule has 0 aliphatic carbocycles. The average molecular weight is 231 g/mol. The van der Waals surface area contributed by atoms with Crippen LogP contribution in [-0.4, -0.2) is 15.0 Å². The van der Waals surface area contributed by atoms with Gasteiger partial charge in [-0.1, -0.05) is 30.4 Å². The molecule has 2 N–H and O–H groups in total. The summed E-state index contributed by atoms with van der Waals surface area (Å²) < 4.78 is 5.48. The number of thiocarbonyl (C=S) groups is 1. The molecule has 1 heterocycles. The molecule has 0 radical (unpaired) electrons. The van der Waals surface area contributed by atoms with Gasteiger partial charge in [0, 0.05) is 0 Å². The minimum absolute atomic E-state index is 0.200. The minimum atomic E-state index is 0.200. The molecule has 16 heavy (non-hydrogen) atoms. The molecular formula is C11H9N3OS. The second kappa shape index (κ2) is 4.67. The maximum atomic E-state index is 5.48. The van der Waals surface area contributed by atoms with E-state index in [0.29, 0.717) is 17.3 Å². The summed E-state index contributed by atoms with van der Waals surface area (Å²) in [5, 5.41) is 0. The molecule has 0 aliphatic rings. The van der Waals surface area contributed by atoms with Gasteiger partial charge >= 0.3 is 0 Å². The van der Waals surface area contributed by atoms with Crippen molar-refractivity contribution in [3.8, 4) is 11.6 Å². The van der Waals surface area contributed by atoms with E-state index in [9.17, 15) is 0 Å². The highest BCUT2D eigenvalue weighted by Gasteiger charge is 2.02. The third kappa shape index (κ3) is 2.52. The lowest BCUT2D eigenvalue weighted by Gasteiger charge is -2.04. The maximum Gasteiger partial charge on any atom is 0.238 e. The van der Waals surface area contributed by atoms with E-state index in [1.165, 1.54) is 12.4 Å². The number of hydrogen-bond donors (Lipinski definition) is 1. The zero-order valence-corrected chi connectivity index (χ0v) is 9.15. The maximum absolute atomic E-state index is 5.48. The fourth-order valence-corrected chi connectivity index (χ4v) is 1.22. The van der Waals surface area contributed by atoms with Crippen LogP contribution in [0.3, 0.4) is 0 Å². The van der Waals surface area contributed by atoms with E-state index in [-0.39, 0.29) is 4.99 Å². The molecular weight excluding hydrogens is 222 g/mol. The fourth-order valence-electron chi connectivity index (χ4n) is 1.13. The van der Waals surface area contributed by atoms with E-state index < -0.39 is 0 Å². The smallest absolute Gasteiger partial charge is 0.238 e. The molecule has 1 aromatic heterocycles. The number of nitrogens with two attached hydrogens (primary N) is 1. The summed E-state index contributed by atoms with van der Waals surface area (Å²) in [5.41, 5.74) is 5.90. The Hall–Kier alpha value is -2.01. The fraction of sp³-hybridized carbons (Fsp3) is 0. The van der Waals surface area contributed by atoms with Gasteiger partial charge in [0.1, 0.15) is 16.4 Å². The van der Waals surface area contributed by atoms with Crippen LogP contribution in [0, 0.1) is 0 Å². The Morgan fingerprint density at radius 1 is 1.19 bits per heavy atom. The molecule has 0 bridgehead atoms. The zero-order valence-electron chi connectivity index (χ0n) is 8.33. The third-order valence-electron chi connectivity index (χ3n) is 1.83. The normalized spacial score (nSPS) is 9.75. The Kier molecular flexibility index (Phi) is 3.07. The number of benzene rings is 1. The van der Waals surface area contributed by atoms with Gasteiger partial charge in [0.2, 0.25) is 5.88 Å². The number of rotatable bonds is 3. The summed E-state index contributed by atoms with van der Waals surface area (Å²) in [4.78, 5) is 8.26. The highest BCUT2D eigenvalue weighted by Crippen LogP contribution is 2.17. The van der Waals surface area contributed by atoms with E-state index in [1.807, 2.05) is 30.3 Å². The second-order valence-corrected chi connectivity index (χ2v) is 3.46. The van der Waals surface area contributed by atoms with E-state index in [2.05, 4.69) is 9.97 Å². The number of nitrogens with zero attached hydrogens (tertiary/aromatic N) is 2. The van der Waals surface area contributed by atoms with Gasteiger partial charge in [0.15, 0.2) is 0 Å². The minimum Gasteiger partial charge on any atom is -0.437 e. The van der Waals surface area contributed by atoms with Crippen molar-refractivity contribution in [2.45, 2.75) is 0 Å². The number of hydrogen-bond acceptors (Lipinski definition) is 4. The molecule has 2 aromatic rings. The third-order valence-corrected chi connectivity index (χ3v) is 2.04. The first-order chi connectivity index (χ1) is 7.75. The molecule has 5 heteroatoms. The molecule has 0 atom stereocenters. The predicted molar refractivity (Wildman–Crippen MR) is 64.4 cm³/mol. The molecule has 80 valence electrons. The predicted octanol–water partition coefficient (Wildman–Crippen LogP) is 1.90. The lowest BCUT2D eigenvalue weighted by Crippen LogP contribution is -2.12. The van der Waals surface area contributed by atoms with Crippen LogP contribution in [0.2, 0.25) is 0 Å². The molecule has 2 rings (SSSR count). The number of para-hydroxylation sites is 1. The van der Waals surface area contributed by atoms with Crippen molar-refractivity contribution in [1.82, 2.24) is 9.97 Å². The first kappa shape index (κ1) is 10.5. The Bertz CT molecular complexity index is 502. The number of ether oxygens (including phenoxy) is 1. The molecule has 0 aliphatic heterocycles. The van der Waals surface area contributed by atoms with Crippen molar-refractivity contribution in [2.75, 3.05) is 0 Å². The molecule has 0 amide bonds. The largest absolute Gasteiger partial charge is 0.437 e. The summed E-state index contributed by atoms with van der Waals surface area (Å²) in [5.74, 6) is 1.06. The summed E-state index contributed by atoms with van der Waals surface area (Å²) in [6.07, 6.45) is 3.01. The van der Waals surface area contributed by atoms with Crippen LogP contribution in [0.1, 0.15) is 5.69 Å². The van der Waals surface area contributed by atoms with Crippen molar-refractivity contribution < 1.29 is 4.74 Å². The summed E-state index contributed by atoms with van der Waals surface area (Å²) in [6.45, 7) is 0. The van der Waals surface area contributed by atoms with Gasteiger partial charge in [-0.05, 0) is 12.1 Å². The topological polar surface area (TPSA) is 61.0 Å². The van der Waals surface area contributed by atoms with Gasteiger partial charge in [0.05, 0.1) is 12.4 Å². The van der Waals surface area contributed by atoms with Crippen LogP contribution in [0.5, 0.6) is 11.6 Å². The SMILES string of the molecule is NC(=S)c1cncc(Oc2ccccc2)n1. The van der Waals surface area contributed by atoms with E-state index >= 15 is 0 Å². The zero-order chi connectivity index (χ0) is 11.4. The summed E-state index contributed by atoms with van der Waals surface area (Å²) >= 11 is 4.81. The molecule has 0 saturated heterocycles. The average Bonchev–Trinajstić information content (AvgIpc) is 2.30. The lowest BCUT2D eigenvalue weighted by atomic mass is 10.3. The highest BCUT2D eigenvalue weighted by molar-refractivity contribution is 7.80. The van der Waals surface area contributed by atoms with Crippen molar-refractivity contribution in [2.24, 2.45) is 5.73 Å². The Morgan fingerprint density at radius 2 is 1.94 bits per heavy atom. The molecule has 0 unspecified atom stereocenters. The molecule has 1 aromatic carbocycles. The van der Waals surface area contributed by atoms with Crippen LogP contribution >= 0.6 is 12.2 Å². The van der Waals surface area contributed by atoms with Crippen molar-refractivity contribution in [3.05, 3.63) is 48.4 Å². The Balaban J connectivity index is 2.22. The summed E-state index contributed by atoms with van der Waals surface area (Å²) in [7, 11) is 0. The van der Waals surface area contributed by atoms with Crippen LogP contribution in [0.4, 0.5) is 0 Å². The molecule has 0 fully saturated rings. The van der Waals surface area contributed by atoms with Gasteiger partial charge in [-0.2, -0.15) is 0 Å². The van der Waals surface area contributed by atoms with Gasteiger partial charge in [-0.25, -0.2) is 4.98 Å². The van der Waals surface area contributed by atoms with Gasteiger partial charge < -0.3 is 10.5 Å². The van der Waals surface area contributed by atoms with Crippen molar-refractivity contribution in [3.63, 3.8) is 0 Å². The van der Waals surface area contributed by atoms with Crippen LogP contribution in [0.25, 0.3) is 0 Å². The van der Waals surface area contributed by atoms with E-state index in [0.717, 1.165) is 0 Å². The van der Waals surface area contributed by atoms with Gasteiger partial charge in [0.25, 0.3) is 0 Å². The standard InChI is InChI=1S/C11H9N3OS/c12-11(16)9-6-13-7-10(14-9)15-8-4-2-1-3-5-8/h1-7H,(H2,12,16). The quantitative estimate of drug-likeness (QED) is 0.817. The Morgan fingerprint density at radius 3 is 2.62 bits per heavy atom. The molecule has 0 spiro atoms. The van der Waals surface area contributed by atoms with E-state index in [4.69, 9.17) is 22.7 Å². The first-order valence-electron chi connectivity index (χ1n) is 4.60. The van der Waals surface area contributed by atoms with Crippen molar-refractivity contribution in [1.29, 1.82) is 0 Å². The van der Waals surface area contributed by atoms with Crippen LogP contribution < -0.4 is 10.5 Å². The Labute approximate surface area is 98.1 Å². The van der Waals surface area contributed by atoms with Gasteiger partial charge in [-0.3, -0.25) is 4.98 Å². The monoisotopic (exact) mass is 231 g/mol. The summed E-state index contributed by atoms with van der Waals surface area (Å²) in [6, 6.07) is 9.31. The number of aromatic nitrogens is 2. The molecule has 0 saturated carbocycles. The second-order valence-electron chi connectivity index (χ2n) is 3.02. The highest BCUT2D eigenvalue weighted by atomic mass is 32.1. The van der Waals surface area contributed by atoms with Gasteiger partial charge in [-0.15, -0.1) is 0 Å². The van der Waals surface area contributed by atoms with Crippen LogP contribution in [0.15, 0.2) is 42.7 Å². The lowest BCUT2D eigenvalue weighted by molar-refractivity contribution is 0.460. The van der Waals surface area contributed by atoms with Crippen molar-refractivity contribution >= 4 is 17.2 Å². The molecule has 4 nitrogen and oxygen atoms in total. The van der Waals surface area contributed by atoms with Crippen LogP contribution in [-0.2, 0) is 0 Å².